The third-order valence-corrected chi connectivity index (χ3v) is 7.03. The zero-order chi connectivity index (χ0) is 16.9. The second-order valence-electron chi connectivity index (χ2n) is 6.37. The van der Waals surface area contributed by atoms with Gasteiger partial charge in [0, 0.05) is 25.0 Å². The Hall–Kier alpha value is -1.93. The third kappa shape index (κ3) is 2.32. The van der Waals surface area contributed by atoms with Crippen molar-refractivity contribution in [3.63, 3.8) is 0 Å². The van der Waals surface area contributed by atoms with E-state index in [1.807, 2.05) is 6.92 Å². The van der Waals surface area contributed by atoms with Gasteiger partial charge in [0.05, 0.1) is 12.0 Å². The molecule has 2 bridgehead atoms. The predicted molar refractivity (Wildman–Crippen MR) is 87.3 cm³/mol. The first-order valence-corrected chi connectivity index (χ1v) is 9.51. The van der Waals surface area contributed by atoms with Crippen molar-refractivity contribution in [1.82, 2.24) is 19.1 Å². The van der Waals surface area contributed by atoms with Gasteiger partial charge in [-0.3, -0.25) is 0 Å². The summed E-state index contributed by atoms with van der Waals surface area (Å²) in [6.45, 7) is 2.54. The van der Waals surface area contributed by atoms with Gasteiger partial charge >= 0.3 is 0 Å². The highest BCUT2D eigenvalue weighted by Gasteiger charge is 2.45. The predicted octanol–water partition coefficient (Wildman–Crippen LogP) is 1.37. The number of methoxy groups -OCH3 is 1. The largest absolute Gasteiger partial charge is 0.497 e. The summed E-state index contributed by atoms with van der Waals surface area (Å²) in [6, 6.07) is 6.51. The molecule has 2 aliphatic rings. The van der Waals surface area contributed by atoms with Crippen LogP contribution in [0.2, 0.25) is 0 Å². The fourth-order valence-electron chi connectivity index (χ4n) is 3.80. The molecule has 2 aliphatic heterocycles. The van der Waals surface area contributed by atoms with Crippen LogP contribution in [0.5, 0.6) is 5.75 Å². The number of benzene rings is 1. The Kier molecular flexibility index (Phi) is 3.61. The highest BCUT2D eigenvalue weighted by atomic mass is 32.2. The maximum Gasteiger partial charge on any atom is 0.243 e. The van der Waals surface area contributed by atoms with Crippen molar-refractivity contribution in [2.75, 3.05) is 7.11 Å². The summed E-state index contributed by atoms with van der Waals surface area (Å²) in [6.07, 6.45) is 2.36. The average molecular weight is 348 g/mol. The summed E-state index contributed by atoms with van der Waals surface area (Å²) < 4.78 is 35.3. The summed E-state index contributed by atoms with van der Waals surface area (Å²) in [4.78, 5) is 0.314. The van der Waals surface area contributed by atoms with Gasteiger partial charge in [0.1, 0.15) is 17.4 Å². The van der Waals surface area contributed by atoms with Crippen LogP contribution in [0.1, 0.15) is 24.5 Å². The van der Waals surface area contributed by atoms with Crippen LogP contribution in [-0.2, 0) is 23.0 Å². The lowest BCUT2D eigenvalue weighted by Gasteiger charge is -2.27. The van der Waals surface area contributed by atoms with Gasteiger partial charge in [-0.25, -0.2) is 8.42 Å². The molecular formula is C16H20N4O3S. The molecule has 0 saturated carbocycles. The van der Waals surface area contributed by atoms with Gasteiger partial charge < -0.3 is 9.30 Å². The average Bonchev–Trinajstić information content (AvgIpc) is 3.07. The Balaban J connectivity index is 1.71. The summed E-state index contributed by atoms with van der Waals surface area (Å²) in [7, 11) is -1.97. The van der Waals surface area contributed by atoms with Crippen LogP contribution in [-0.4, -0.2) is 46.7 Å². The van der Waals surface area contributed by atoms with E-state index < -0.39 is 10.0 Å². The van der Waals surface area contributed by atoms with Gasteiger partial charge in [-0.2, -0.15) is 4.31 Å². The summed E-state index contributed by atoms with van der Waals surface area (Å²) in [5, 5.41) is 8.35. The maximum atomic E-state index is 13.2. The number of hydrogen-bond acceptors (Lipinski definition) is 5. The van der Waals surface area contributed by atoms with Crippen molar-refractivity contribution in [1.29, 1.82) is 0 Å². The van der Waals surface area contributed by atoms with E-state index >= 15 is 0 Å². The molecule has 1 aromatic heterocycles. The molecule has 24 heavy (non-hydrogen) atoms. The van der Waals surface area contributed by atoms with Crippen LogP contribution in [0.4, 0.5) is 0 Å². The first-order valence-electron chi connectivity index (χ1n) is 8.07. The molecule has 0 N–H and O–H groups in total. The van der Waals surface area contributed by atoms with E-state index in [0.717, 1.165) is 24.5 Å². The van der Waals surface area contributed by atoms with Gasteiger partial charge in [-0.05, 0) is 44.0 Å². The molecule has 2 aromatic rings. The van der Waals surface area contributed by atoms with E-state index in [1.54, 1.807) is 35.7 Å². The van der Waals surface area contributed by atoms with E-state index in [1.165, 1.54) is 0 Å². The number of sulfonamides is 1. The zero-order valence-electron chi connectivity index (χ0n) is 13.7. The SMILES string of the molecule is COc1ccc(S(=O)(=O)N2C3CCC2Cn2c(C)nnc2C3)cc1. The Morgan fingerprint density at radius 1 is 1.12 bits per heavy atom. The van der Waals surface area contributed by atoms with Gasteiger partial charge in [-0.1, -0.05) is 0 Å². The molecule has 2 atom stereocenters. The van der Waals surface area contributed by atoms with Crippen molar-refractivity contribution >= 4 is 10.0 Å². The molecule has 1 saturated heterocycles. The molecule has 128 valence electrons. The van der Waals surface area contributed by atoms with Gasteiger partial charge in [0.15, 0.2) is 0 Å². The first kappa shape index (κ1) is 15.6. The minimum absolute atomic E-state index is 0.0435. The van der Waals surface area contributed by atoms with Crippen molar-refractivity contribution in [3.8, 4) is 5.75 Å². The van der Waals surface area contributed by atoms with Crippen LogP contribution < -0.4 is 4.74 Å². The molecule has 1 aromatic carbocycles. The molecule has 0 aliphatic carbocycles. The number of aryl methyl sites for hydroxylation is 1. The van der Waals surface area contributed by atoms with Crippen molar-refractivity contribution < 1.29 is 13.2 Å². The van der Waals surface area contributed by atoms with E-state index in [-0.39, 0.29) is 12.1 Å². The quantitative estimate of drug-likeness (QED) is 0.837. The minimum atomic E-state index is -3.54. The zero-order valence-corrected chi connectivity index (χ0v) is 14.5. The molecular weight excluding hydrogens is 328 g/mol. The number of aromatic nitrogens is 3. The normalized spacial score (nSPS) is 23.8. The molecule has 0 amide bonds. The fourth-order valence-corrected chi connectivity index (χ4v) is 5.66. The lowest BCUT2D eigenvalue weighted by Crippen LogP contribution is -2.42. The molecule has 0 radical (unpaired) electrons. The van der Waals surface area contributed by atoms with Gasteiger partial charge in [-0.15, -0.1) is 10.2 Å². The van der Waals surface area contributed by atoms with Crippen molar-refractivity contribution in [3.05, 3.63) is 35.9 Å². The standard InChI is InChI=1S/C16H20N4O3S/c1-11-17-18-16-9-12-3-4-13(10-19(11)16)20(12)24(21,22)15-7-5-14(23-2)6-8-15/h5-8,12-13H,3-4,9-10H2,1-2H3. The van der Waals surface area contributed by atoms with Gasteiger partial charge in [0.2, 0.25) is 10.0 Å². The van der Waals surface area contributed by atoms with E-state index in [9.17, 15) is 8.42 Å². The lowest BCUT2D eigenvalue weighted by atomic mass is 10.1. The van der Waals surface area contributed by atoms with Crippen molar-refractivity contribution in [2.45, 2.75) is 49.7 Å². The van der Waals surface area contributed by atoms with Crippen LogP contribution in [0, 0.1) is 6.92 Å². The third-order valence-electron chi connectivity index (χ3n) is 5.01. The summed E-state index contributed by atoms with van der Waals surface area (Å²) in [5.41, 5.74) is 0. The monoisotopic (exact) mass is 348 g/mol. The number of rotatable bonds is 3. The molecule has 2 unspecified atom stereocenters. The highest BCUT2D eigenvalue weighted by Crippen LogP contribution is 2.36. The Morgan fingerprint density at radius 3 is 2.54 bits per heavy atom. The summed E-state index contributed by atoms with van der Waals surface area (Å²) in [5.74, 6) is 2.38. The lowest BCUT2D eigenvalue weighted by molar-refractivity contribution is 0.314. The van der Waals surface area contributed by atoms with Gasteiger partial charge in [0.25, 0.3) is 0 Å². The second-order valence-corrected chi connectivity index (χ2v) is 8.22. The first-order chi connectivity index (χ1) is 11.5. The second kappa shape index (κ2) is 5.56. The molecule has 4 rings (SSSR count). The van der Waals surface area contributed by atoms with Crippen LogP contribution in [0.15, 0.2) is 29.2 Å². The molecule has 3 heterocycles. The Labute approximate surface area is 141 Å². The van der Waals surface area contributed by atoms with Crippen LogP contribution >= 0.6 is 0 Å². The number of ether oxygens (including phenoxy) is 1. The Bertz CT molecular complexity index is 860. The molecule has 7 nitrogen and oxygen atoms in total. The molecule has 8 heteroatoms. The smallest absolute Gasteiger partial charge is 0.243 e. The van der Waals surface area contributed by atoms with E-state index in [0.29, 0.717) is 23.6 Å². The van der Waals surface area contributed by atoms with E-state index in [2.05, 4.69) is 14.8 Å². The highest BCUT2D eigenvalue weighted by molar-refractivity contribution is 7.89. The Morgan fingerprint density at radius 2 is 1.83 bits per heavy atom. The minimum Gasteiger partial charge on any atom is -0.497 e. The van der Waals surface area contributed by atoms with Crippen LogP contribution in [0.25, 0.3) is 0 Å². The van der Waals surface area contributed by atoms with E-state index in [4.69, 9.17) is 4.74 Å². The maximum absolute atomic E-state index is 13.2. The van der Waals surface area contributed by atoms with Crippen LogP contribution in [0.3, 0.4) is 0 Å². The number of hydrogen-bond donors (Lipinski definition) is 0. The summed E-state index contributed by atoms with van der Waals surface area (Å²) >= 11 is 0. The number of fused-ring (bicyclic) bond motifs is 3. The fraction of sp³-hybridized carbons (Fsp3) is 0.500. The topological polar surface area (TPSA) is 77.3 Å². The molecule has 0 spiro atoms. The molecule has 1 fully saturated rings. The van der Waals surface area contributed by atoms with Crippen molar-refractivity contribution in [2.24, 2.45) is 0 Å². The number of nitrogens with zero attached hydrogens (tertiary/aromatic N) is 4.